The summed E-state index contributed by atoms with van der Waals surface area (Å²) in [6, 6.07) is 0. The van der Waals surface area contributed by atoms with E-state index < -0.39 is 0 Å². The second-order valence-electron chi connectivity index (χ2n) is 4.66. The lowest BCUT2D eigenvalue weighted by atomic mass is 9.94. The van der Waals surface area contributed by atoms with E-state index in [0.717, 1.165) is 0 Å². The van der Waals surface area contributed by atoms with E-state index >= 15 is 0 Å². The lowest BCUT2D eigenvalue weighted by Crippen LogP contribution is -2.53. The molecule has 2 N–H and O–H groups in total. The van der Waals surface area contributed by atoms with E-state index in [-0.39, 0.29) is 30.2 Å². The van der Waals surface area contributed by atoms with Crippen LogP contribution in [0.1, 0.15) is 13.8 Å². The zero-order chi connectivity index (χ0) is 12.3. The third-order valence-corrected chi connectivity index (χ3v) is 3.14. The van der Waals surface area contributed by atoms with E-state index in [0.29, 0.717) is 19.6 Å². The van der Waals surface area contributed by atoms with Crippen molar-refractivity contribution in [2.24, 2.45) is 17.6 Å². The normalized spacial score (nSPS) is 19.2. The minimum Gasteiger partial charge on any atom is -0.342 e. The zero-order valence-corrected chi connectivity index (χ0v) is 10.3. The van der Waals surface area contributed by atoms with Crippen LogP contribution in [0.3, 0.4) is 0 Å². The van der Waals surface area contributed by atoms with E-state index in [1.54, 1.807) is 16.8 Å². The van der Waals surface area contributed by atoms with E-state index in [9.17, 15) is 9.59 Å². The molecule has 0 saturated carbocycles. The first kappa shape index (κ1) is 13.0. The van der Waals surface area contributed by atoms with E-state index in [1.807, 2.05) is 13.8 Å². The molecule has 92 valence electrons. The molecule has 0 spiro atoms. The van der Waals surface area contributed by atoms with Gasteiger partial charge >= 0.3 is 0 Å². The Balaban J connectivity index is 2.64. The molecule has 1 atom stereocenters. The number of hydrogen-bond acceptors (Lipinski definition) is 3. The average molecular weight is 227 g/mol. The minimum absolute atomic E-state index is 0.000808. The van der Waals surface area contributed by atoms with Crippen LogP contribution in [0, 0.1) is 11.8 Å². The Morgan fingerprint density at radius 3 is 2.50 bits per heavy atom. The summed E-state index contributed by atoms with van der Waals surface area (Å²) in [7, 11) is 1.76. The van der Waals surface area contributed by atoms with Crippen LogP contribution in [-0.4, -0.2) is 54.8 Å². The van der Waals surface area contributed by atoms with Crippen molar-refractivity contribution in [2.75, 3.05) is 33.2 Å². The van der Waals surface area contributed by atoms with Crippen molar-refractivity contribution in [3.05, 3.63) is 0 Å². The van der Waals surface area contributed by atoms with Crippen LogP contribution in [0.25, 0.3) is 0 Å². The molecule has 1 aliphatic heterocycles. The second kappa shape index (κ2) is 5.30. The number of amides is 2. The Kier molecular flexibility index (Phi) is 4.29. The van der Waals surface area contributed by atoms with Crippen LogP contribution < -0.4 is 5.73 Å². The molecular formula is C11H21N3O2. The number of hydrogen-bond donors (Lipinski definition) is 1. The van der Waals surface area contributed by atoms with Crippen molar-refractivity contribution in [3.63, 3.8) is 0 Å². The monoisotopic (exact) mass is 227 g/mol. The maximum Gasteiger partial charge on any atom is 0.241 e. The average Bonchev–Trinajstić information content (AvgIpc) is 2.22. The Morgan fingerprint density at radius 2 is 2.06 bits per heavy atom. The van der Waals surface area contributed by atoms with Crippen molar-refractivity contribution in [2.45, 2.75) is 13.8 Å². The highest BCUT2D eigenvalue weighted by molar-refractivity contribution is 5.87. The van der Waals surface area contributed by atoms with E-state index in [2.05, 4.69) is 0 Å². The molecule has 0 aliphatic carbocycles. The van der Waals surface area contributed by atoms with Crippen LogP contribution in [0.2, 0.25) is 0 Å². The number of nitrogens with two attached hydrogens (primary N) is 1. The molecule has 0 aromatic heterocycles. The molecule has 1 saturated heterocycles. The predicted molar refractivity (Wildman–Crippen MR) is 61.6 cm³/mol. The zero-order valence-electron chi connectivity index (χ0n) is 10.3. The molecular weight excluding hydrogens is 206 g/mol. The van der Waals surface area contributed by atoms with Crippen molar-refractivity contribution >= 4 is 11.8 Å². The van der Waals surface area contributed by atoms with Crippen LogP contribution >= 0.6 is 0 Å². The van der Waals surface area contributed by atoms with Gasteiger partial charge in [0.1, 0.15) is 0 Å². The molecule has 1 heterocycles. The Bertz CT molecular complexity index is 278. The highest BCUT2D eigenvalue weighted by atomic mass is 16.2. The molecule has 16 heavy (non-hydrogen) atoms. The van der Waals surface area contributed by atoms with E-state index in [1.165, 1.54) is 0 Å². The topological polar surface area (TPSA) is 66.6 Å². The fraction of sp³-hybridized carbons (Fsp3) is 0.818. The van der Waals surface area contributed by atoms with E-state index in [4.69, 9.17) is 5.73 Å². The summed E-state index contributed by atoms with van der Waals surface area (Å²) < 4.78 is 0. The lowest BCUT2D eigenvalue weighted by molar-refractivity contribution is -0.147. The molecule has 1 fully saturated rings. The molecule has 5 heteroatoms. The Morgan fingerprint density at radius 1 is 1.44 bits per heavy atom. The first-order chi connectivity index (χ1) is 7.47. The van der Waals surface area contributed by atoms with Crippen molar-refractivity contribution in [3.8, 4) is 0 Å². The lowest BCUT2D eigenvalue weighted by Gasteiger charge is -2.34. The van der Waals surface area contributed by atoms with Crippen LogP contribution in [-0.2, 0) is 9.59 Å². The highest BCUT2D eigenvalue weighted by Gasteiger charge is 2.30. The molecule has 2 amide bonds. The standard InChI is InChI=1S/C11H21N3O2/c1-8(2)9(6-12)11(16)14-5-4-13(3)10(15)7-14/h8-9H,4-7,12H2,1-3H3. The first-order valence-electron chi connectivity index (χ1n) is 5.70. The number of piperazine rings is 1. The number of likely N-dealkylation sites (N-methyl/N-ethyl adjacent to an activating group) is 1. The summed E-state index contributed by atoms with van der Waals surface area (Å²) in [5.41, 5.74) is 5.60. The van der Waals surface area contributed by atoms with Crippen molar-refractivity contribution in [1.82, 2.24) is 9.80 Å². The summed E-state index contributed by atoms with van der Waals surface area (Å²) in [6.45, 7) is 5.72. The maximum atomic E-state index is 12.1. The summed E-state index contributed by atoms with van der Waals surface area (Å²) >= 11 is 0. The quantitative estimate of drug-likeness (QED) is 0.708. The van der Waals surface area contributed by atoms with Gasteiger partial charge in [0.25, 0.3) is 0 Å². The van der Waals surface area contributed by atoms with Crippen LogP contribution in [0.4, 0.5) is 0 Å². The molecule has 0 radical (unpaired) electrons. The van der Waals surface area contributed by atoms with Gasteiger partial charge in [-0.05, 0) is 5.92 Å². The summed E-state index contributed by atoms with van der Waals surface area (Å²) in [5.74, 6) is 0.0570. The second-order valence-corrected chi connectivity index (χ2v) is 4.66. The van der Waals surface area contributed by atoms with Gasteiger partial charge in [0, 0.05) is 26.7 Å². The van der Waals surface area contributed by atoms with Crippen LogP contribution in [0.5, 0.6) is 0 Å². The van der Waals surface area contributed by atoms with Crippen LogP contribution in [0.15, 0.2) is 0 Å². The van der Waals surface area contributed by atoms with Gasteiger partial charge in [0.05, 0.1) is 12.5 Å². The fourth-order valence-corrected chi connectivity index (χ4v) is 1.84. The number of nitrogens with zero attached hydrogens (tertiary/aromatic N) is 2. The van der Waals surface area contributed by atoms with Gasteiger partial charge < -0.3 is 15.5 Å². The van der Waals surface area contributed by atoms with Gasteiger partial charge in [0.2, 0.25) is 11.8 Å². The molecule has 1 aliphatic rings. The van der Waals surface area contributed by atoms with Crippen molar-refractivity contribution < 1.29 is 9.59 Å². The van der Waals surface area contributed by atoms with Gasteiger partial charge in [-0.15, -0.1) is 0 Å². The summed E-state index contributed by atoms with van der Waals surface area (Å²) in [5, 5.41) is 0. The minimum atomic E-state index is -0.170. The summed E-state index contributed by atoms with van der Waals surface area (Å²) in [6.07, 6.45) is 0. The number of carbonyl (C=O) groups is 2. The maximum absolute atomic E-state index is 12.1. The molecule has 1 rings (SSSR count). The van der Waals surface area contributed by atoms with Gasteiger partial charge in [-0.1, -0.05) is 13.8 Å². The first-order valence-corrected chi connectivity index (χ1v) is 5.70. The molecule has 0 bridgehead atoms. The summed E-state index contributed by atoms with van der Waals surface area (Å²) in [4.78, 5) is 26.9. The number of rotatable bonds is 3. The van der Waals surface area contributed by atoms with Crippen molar-refractivity contribution in [1.29, 1.82) is 0 Å². The third kappa shape index (κ3) is 2.72. The predicted octanol–water partition coefficient (Wildman–Crippen LogP) is -0.482. The smallest absolute Gasteiger partial charge is 0.241 e. The van der Waals surface area contributed by atoms with Gasteiger partial charge in [-0.25, -0.2) is 0 Å². The SMILES string of the molecule is CC(C)C(CN)C(=O)N1CCN(C)C(=O)C1. The van der Waals surface area contributed by atoms with Gasteiger partial charge in [-0.3, -0.25) is 9.59 Å². The third-order valence-electron chi connectivity index (χ3n) is 3.14. The van der Waals surface area contributed by atoms with Gasteiger partial charge in [-0.2, -0.15) is 0 Å². The number of carbonyl (C=O) groups excluding carboxylic acids is 2. The molecule has 1 unspecified atom stereocenters. The van der Waals surface area contributed by atoms with Gasteiger partial charge in [0.15, 0.2) is 0 Å². The fourth-order valence-electron chi connectivity index (χ4n) is 1.84. The molecule has 0 aromatic rings. The molecule has 0 aromatic carbocycles. The Labute approximate surface area is 96.6 Å². The highest BCUT2D eigenvalue weighted by Crippen LogP contribution is 2.14. The molecule has 5 nitrogen and oxygen atoms in total. The largest absolute Gasteiger partial charge is 0.342 e. The Hall–Kier alpha value is -1.10.